The Labute approximate surface area is 140 Å². The molecule has 7 heteroatoms. The Morgan fingerprint density at radius 2 is 2.29 bits per heavy atom. The lowest BCUT2D eigenvalue weighted by Gasteiger charge is -2.37. The maximum absolute atomic E-state index is 12.6. The quantitative estimate of drug-likeness (QED) is 0.937. The summed E-state index contributed by atoms with van der Waals surface area (Å²) in [6.45, 7) is 1.84. The summed E-state index contributed by atoms with van der Waals surface area (Å²) in [5.41, 5.74) is 0.931. The lowest BCUT2D eigenvalue weighted by atomic mass is 10.1. The number of nitrogens with zero attached hydrogens (tertiary/aromatic N) is 4. The van der Waals surface area contributed by atoms with Crippen molar-refractivity contribution in [2.75, 3.05) is 18.5 Å². The summed E-state index contributed by atoms with van der Waals surface area (Å²) >= 11 is 0. The number of morpholine rings is 1. The van der Waals surface area contributed by atoms with Crippen molar-refractivity contribution in [2.24, 2.45) is 0 Å². The molecule has 2 aliphatic rings. The summed E-state index contributed by atoms with van der Waals surface area (Å²) in [5, 5.41) is 7.32. The fourth-order valence-corrected chi connectivity index (χ4v) is 3.53. The molecular formula is C17H21N5O2. The molecule has 1 aliphatic heterocycles. The van der Waals surface area contributed by atoms with E-state index in [2.05, 4.69) is 15.4 Å². The molecule has 1 aliphatic carbocycles. The van der Waals surface area contributed by atoms with Crippen LogP contribution in [-0.2, 0) is 11.3 Å². The van der Waals surface area contributed by atoms with E-state index >= 15 is 0 Å². The highest BCUT2D eigenvalue weighted by molar-refractivity contribution is 5.88. The predicted molar refractivity (Wildman–Crippen MR) is 88.7 cm³/mol. The SMILES string of the molecule is O=C(Nc1ccn(Cc2ccccn2)n1)N1CCO[C@@H]2CCC[C@@H]21. The number of nitrogens with one attached hydrogen (secondary N) is 1. The second-order valence-corrected chi connectivity index (χ2v) is 6.25. The zero-order valence-electron chi connectivity index (χ0n) is 13.5. The molecule has 24 heavy (non-hydrogen) atoms. The van der Waals surface area contributed by atoms with E-state index in [0.717, 1.165) is 25.0 Å². The number of ether oxygens (including phenoxy) is 1. The molecule has 1 N–H and O–H groups in total. The molecule has 0 spiro atoms. The standard InChI is InChI=1S/C17H21N5O2/c23-17(22-10-11-24-15-6-3-5-14(15)22)19-16-7-9-21(20-16)12-13-4-1-2-8-18-13/h1-2,4,7-9,14-15H,3,5-6,10-12H2,(H,19,20,23)/t14-,15+/m0/s1. The maximum atomic E-state index is 12.6. The van der Waals surface area contributed by atoms with E-state index in [0.29, 0.717) is 25.5 Å². The van der Waals surface area contributed by atoms with Crippen LogP contribution in [0.5, 0.6) is 0 Å². The number of carbonyl (C=O) groups excluding carboxylic acids is 1. The zero-order chi connectivity index (χ0) is 16.4. The highest BCUT2D eigenvalue weighted by Crippen LogP contribution is 2.29. The van der Waals surface area contributed by atoms with E-state index in [-0.39, 0.29) is 18.2 Å². The van der Waals surface area contributed by atoms with E-state index in [1.54, 1.807) is 10.9 Å². The van der Waals surface area contributed by atoms with Gasteiger partial charge in [-0.05, 0) is 31.4 Å². The van der Waals surface area contributed by atoms with E-state index in [9.17, 15) is 4.79 Å². The van der Waals surface area contributed by atoms with Crippen LogP contribution < -0.4 is 5.32 Å². The van der Waals surface area contributed by atoms with Gasteiger partial charge in [0, 0.05) is 25.0 Å². The lowest BCUT2D eigenvalue weighted by Crippen LogP contribution is -2.52. The minimum atomic E-state index is -0.0849. The number of fused-ring (bicyclic) bond motifs is 1. The van der Waals surface area contributed by atoms with Gasteiger partial charge in [-0.15, -0.1) is 0 Å². The van der Waals surface area contributed by atoms with Gasteiger partial charge in [-0.2, -0.15) is 5.10 Å². The first-order valence-electron chi connectivity index (χ1n) is 8.42. The Morgan fingerprint density at radius 3 is 3.17 bits per heavy atom. The number of aromatic nitrogens is 3. The van der Waals surface area contributed by atoms with Crippen molar-refractivity contribution >= 4 is 11.8 Å². The van der Waals surface area contributed by atoms with Gasteiger partial charge < -0.3 is 9.64 Å². The molecule has 0 bridgehead atoms. The third-order valence-electron chi connectivity index (χ3n) is 4.67. The minimum absolute atomic E-state index is 0.0849. The molecule has 126 valence electrons. The third-order valence-corrected chi connectivity index (χ3v) is 4.67. The number of amides is 2. The summed E-state index contributed by atoms with van der Waals surface area (Å²) in [6.07, 6.45) is 7.00. The van der Waals surface area contributed by atoms with E-state index in [4.69, 9.17) is 4.74 Å². The van der Waals surface area contributed by atoms with Crippen LogP contribution in [0.3, 0.4) is 0 Å². The van der Waals surface area contributed by atoms with Crippen LogP contribution in [0.25, 0.3) is 0 Å². The summed E-state index contributed by atoms with van der Waals surface area (Å²) in [7, 11) is 0. The fourth-order valence-electron chi connectivity index (χ4n) is 3.53. The molecule has 0 aromatic carbocycles. The van der Waals surface area contributed by atoms with Gasteiger partial charge in [-0.25, -0.2) is 4.79 Å². The summed E-state index contributed by atoms with van der Waals surface area (Å²) in [4.78, 5) is 18.8. The second kappa shape index (κ2) is 6.60. The van der Waals surface area contributed by atoms with Gasteiger partial charge in [-0.1, -0.05) is 6.07 Å². The zero-order valence-corrected chi connectivity index (χ0v) is 13.5. The van der Waals surface area contributed by atoms with Crippen molar-refractivity contribution in [2.45, 2.75) is 38.0 Å². The summed E-state index contributed by atoms with van der Waals surface area (Å²) in [5.74, 6) is 0.567. The Kier molecular flexibility index (Phi) is 4.17. The average molecular weight is 327 g/mol. The molecule has 2 aromatic heterocycles. The number of anilines is 1. The van der Waals surface area contributed by atoms with Gasteiger partial charge >= 0.3 is 6.03 Å². The van der Waals surface area contributed by atoms with Gasteiger partial charge in [0.25, 0.3) is 0 Å². The minimum Gasteiger partial charge on any atom is -0.374 e. The van der Waals surface area contributed by atoms with Crippen molar-refractivity contribution < 1.29 is 9.53 Å². The molecule has 0 unspecified atom stereocenters. The monoisotopic (exact) mass is 327 g/mol. The number of urea groups is 1. The Bertz CT molecular complexity index is 702. The first-order chi connectivity index (χ1) is 11.8. The number of pyridine rings is 1. The van der Waals surface area contributed by atoms with Crippen molar-refractivity contribution in [1.29, 1.82) is 0 Å². The molecule has 1 saturated carbocycles. The van der Waals surface area contributed by atoms with Gasteiger partial charge in [0.1, 0.15) is 0 Å². The van der Waals surface area contributed by atoms with Crippen molar-refractivity contribution in [1.82, 2.24) is 19.7 Å². The van der Waals surface area contributed by atoms with Crippen LogP contribution in [-0.4, -0.2) is 51.0 Å². The smallest absolute Gasteiger partial charge is 0.323 e. The predicted octanol–water partition coefficient (Wildman–Crippen LogP) is 2.11. The Hall–Kier alpha value is -2.41. The third kappa shape index (κ3) is 3.12. The molecule has 7 nitrogen and oxygen atoms in total. The van der Waals surface area contributed by atoms with E-state index < -0.39 is 0 Å². The molecule has 0 radical (unpaired) electrons. The molecule has 2 aromatic rings. The van der Waals surface area contributed by atoms with E-state index in [1.807, 2.05) is 35.4 Å². The molecule has 1 saturated heterocycles. The molecule has 2 fully saturated rings. The first kappa shape index (κ1) is 15.1. The van der Waals surface area contributed by atoms with Gasteiger partial charge in [-0.3, -0.25) is 15.0 Å². The van der Waals surface area contributed by atoms with Crippen molar-refractivity contribution in [3.63, 3.8) is 0 Å². The van der Waals surface area contributed by atoms with Crippen LogP contribution in [0, 0.1) is 0 Å². The van der Waals surface area contributed by atoms with Crippen LogP contribution in [0.4, 0.5) is 10.6 Å². The first-order valence-corrected chi connectivity index (χ1v) is 8.42. The maximum Gasteiger partial charge on any atom is 0.323 e. The number of carbonyl (C=O) groups is 1. The molecule has 2 amide bonds. The highest BCUT2D eigenvalue weighted by atomic mass is 16.5. The average Bonchev–Trinajstić information content (AvgIpc) is 3.24. The molecule has 2 atom stereocenters. The summed E-state index contributed by atoms with van der Waals surface area (Å²) in [6, 6.07) is 7.72. The van der Waals surface area contributed by atoms with Gasteiger partial charge in [0.15, 0.2) is 5.82 Å². The Balaban J connectivity index is 1.39. The van der Waals surface area contributed by atoms with Crippen LogP contribution in [0.2, 0.25) is 0 Å². The van der Waals surface area contributed by atoms with Gasteiger partial charge in [0.05, 0.1) is 31.0 Å². The van der Waals surface area contributed by atoms with E-state index in [1.165, 1.54) is 0 Å². The topological polar surface area (TPSA) is 72.3 Å². The number of hydrogen-bond donors (Lipinski definition) is 1. The van der Waals surface area contributed by atoms with Crippen LogP contribution in [0.1, 0.15) is 25.0 Å². The fraction of sp³-hybridized carbons (Fsp3) is 0.471. The van der Waals surface area contributed by atoms with Crippen molar-refractivity contribution in [3.05, 3.63) is 42.4 Å². The number of rotatable bonds is 3. The largest absolute Gasteiger partial charge is 0.374 e. The molecule has 4 rings (SSSR count). The molecular weight excluding hydrogens is 306 g/mol. The molecule has 3 heterocycles. The van der Waals surface area contributed by atoms with Crippen LogP contribution >= 0.6 is 0 Å². The second-order valence-electron chi connectivity index (χ2n) is 6.25. The normalized spacial score (nSPS) is 23.1. The Morgan fingerprint density at radius 1 is 1.33 bits per heavy atom. The summed E-state index contributed by atoms with van der Waals surface area (Å²) < 4.78 is 7.53. The van der Waals surface area contributed by atoms with Gasteiger partial charge in [0.2, 0.25) is 0 Å². The highest BCUT2D eigenvalue weighted by Gasteiger charge is 2.38. The van der Waals surface area contributed by atoms with Crippen molar-refractivity contribution in [3.8, 4) is 0 Å². The van der Waals surface area contributed by atoms with Crippen LogP contribution in [0.15, 0.2) is 36.7 Å². The lowest BCUT2D eigenvalue weighted by molar-refractivity contribution is -0.0362. The number of hydrogen-bond acceptors (Lipinski definition) is 4.